The zero-order chi connectivity index (χ0) is 15.6. The second-order valence-electron chi connectivity index (χ2n) is 4.88. The van der Waals surface area contributed by atoms with Gasteiger partial charge in [-0.25, -0.2) is 4.79 Å². The van der Waals surface area contributed by atoms with Gasteiger partial charge in [-0.3, -0.25) is 14.9 Å². The first-order chi connectivity index (χ1) is 9.89. The van der Waals surface area contributed by atoms with Crippen LogP contribution in [0.2, 0.25) is 0 Å². The van der Waals surface area contributed by atoms with Crippen molar-refractivity contribution in [2.45, 2.75) is 24.4 Å². The Balaban J connectivity index is 2.16. The van der Waals surface area contributed by atoms with Gasteiger partial charge in [-0.2, -0.15) is 0 Å². The average Bonchev–Trinajstić information content (AvgIpc) is 2.41. The Morgan fingerprint density at radius 3 is 2.38 bits per heavy atom. The first-order valence-electron chi connectivity index (χ1n) is 6.26. The number of nitrogens with zero attached hydrogens (tertiary/aromatic N) is 1. The number of benzene rings is 1. The second-order valence-corrected chi connectivity index (χ2v) is 4.88. The monoisotopic (exact) mass is 294 g/mol. The molecule has 0 bridgehead atoms. The molecular weight excluding hydrogens is 280 g/mol. The van der Waals surface area contributed by atoms with Crippen LogP contribution in [0.1, 0.15) is 18.4 Å². The van der Waals surface area contributed by atoms with Gasteiger partial charge in [0, 0.05) is 32.0 Å². The Hall–Kier alpha value is -2.64. The SMILES string of the molecule is CNC(=O)OC1CC(C(=O)O)(c2ccc([N+](=O)[O-])cc2)C1. The number of hydrogen-bond acceptors (Lipinski definition) is 5. The topological polar surface area (TPSA) is 119 Å². The summed E-state index contributed by atoms with van der Waals surface area (Å²) in [5.41, 5.74) is -0.789. The van der Waals surface area contributed by atoms with Crippen molar-refractivity contribution in [2.75, 3.05) is 7.05 Å². The highest BCUT2D eigenvalue weighted by Gasteiger charge is 2.53. The van der Waals surface area contributed by atoms with E-state index in [4.69, 9.17) is 4.74 Å². The van der Waals surface area contributed by atoms with E-state index >= 15 is 0 Å². The molecule has 0 aromatic heterocycles. The minimum absolute atomic E-state index is 0.100. The van der Waals surface area contributed by atoms with Crippen LogP contribution in [0.15, 0.2) is 24.3 Å². The summed E-state index contributed by atoms with van der Waals surface area (Å²) in [7, 11) is 1.42. The molecular formula is C13H14N2O6. The Kier molecular flexibility index (Phi) is 3.79. The fourth-order valence-corrected chi connectivity index (χ4v) is 2.45. The molecule has 0 atom stereocenters. The number of aliphatic carboxylic acids is 1. The molecule has 0 spiro atoms. The average molecular weight is 294 g/mol. The largest absolute Gasteiger partial charge is 0.481 e. The lowest BCUT2D eigenvalue weighted by molar-refractivity contribution is -0.384. The van der Waals surface area contributed by atoms with Crippen LogP contribution in [0.5, 0.6) is 0 Å². The number of carbonyl (C=O) groups is 2. The molecule has 2 rings (SSSR count). The lowest BCUT2D eigenvalue weighted by Gasteiger charge is -2.43. The van der Waals surface area contributed by atoms with Crippen molar-refractivity contribution in [1.82, 2.24) is 5.32 Å². The van der Waals surface area contributed by atoms with E-state index in [1.54, 1.807) is 0 Å². The number of non-ortho nitro benzene ring substituents is 1. The summed E-state index contributed by atoms with van der Waals surface area (Å²) in [6, 6.07) is 5.41. The van der Waals surface area contributed by atoms with Crippen LogP contribution in [-0.4, -0.2) is 35.2 Å². The smallest absolute Gasteiger partial charge is 0.407 e. The predicted octanol–water partition coefficient (Wildman–Crippen LogP) is 1.44. The highest BCUT2D eigenvalue weighted by atomic mass is 16.6. The number of nitro groups is 1. The van der Waals surface area contributed by atoms with E-state index in [2.05, 4.69) is 5.32 Å². The Bertz CT molecular complexity index is 577. The quantitative estimate of drug-likeness (QED) is 0.640. The Morgan fingerprint density at radius 2 is 1.95 bits per heavy atom. The number of amides is 1. The molecule has 1 aromatic rings. The number of rotatable bonds is 4. The number of nitro benzene ring substituents is 1. The van der Waals surface area contributed by atoms with E-state index in [1.165, 1.54) is 31.3 Å². The van der Waals surface area contributed by atoms with Gasteiger partial charge in [-0.05, 0) is 5.56 Å². The predicted molar refractivity (Wildman–Crippen MR) is 71.0 cm³/mol. The summed E-state index contributed by atoms with van der Waals surface area (Å²) < 4.78 is 5.00. The molecule has 8 nitrogen and oxygen atoms in total. The molecule has 0 unspecified atom stereocenters. The highest BCUT2D eigenvalue weighted by Crippen LogP contribution is 2.46. The fourth-order valence-electron chi connectivity index (χ4n) is 2.45. The number of nitrogens with one attached hydrogen (secondary N) is 1. The van der Waals surface area contributed by atoms with Crippen LogP contribution in [0.25, 0.3) is 0 Å². The molecule has 1 aliphatic carbocycles. The van der Waals surface area contributed by atoms with E-state index in [0.717, 1.165) is 0 Å². The van der Waals surface area contributed by atoms with Gasteiger partial charge >= 0.3 is 12.1 Å². The number of alkyl carbamates (subject to hydrolysis) is 1. The molecule has 1 saturated carbocycles. The number of carboxylic acids is 1. The first kappa shape index (κ1) is 14.8. The van der Waals surface area contributed by atoms with Gasteiger partial charge in [0.15, 0.2) is 0 Å². The Morgan fingerprint density at radius 1 is 1.38 bits per heavy atom. The van der Waals surface area contributed by atoms with Crippen LogP contribution in [0.3, 0.4) is 0 Å². The van der Waals surface area contributed by atoms with Gasteiger partial charge in [0.25, 0.3) is 5.69 Å². The zero-order valence-corrected chi connectivity index (χ0v) is 11.2. The van der Waals surface area contributed by atoms with Crippen LogP contribution in [-0.2, 0) is 14.9 Å². The summed E-state index contributed by atoms with van der Waals surface area (Å²) in [6.07, 6.45) is -0.792. The maximum Gasteiger partial charge on any atom is 0.407 e. The van der Waals surface area contributed by atoms with Crippen molar-refractivity contribution in [3.05, 3.63) is 39.9 Å². The van der Waals surface area contributed by atoms with Gasteiger partial charge in [0.05, 0.1) is 10.3 Å². The van der Waals surface area contributed by atoms with Gasteiger partial charge in [-0.1, -0.05) is 12.1 Å². The molecule has 1 fully saturated rings. The third-order valence-electron chi connectivity index (χ3n) is 3.67. The molecule has 8 heteroatoms. The van der Waals surface area contributed by atoms with Crippen LogP contribution >= 0.6 is 0 Å². The maximum absolute atomic E-state index is 11.5. The van der Waals surface area contributed by atoms with Crippen molar-refractivity contribution in [3.63, 3.8) is 0 Å². The van der Waals surface area contributed by atoms with E-state index < -0.39 is 28.5 Å². The van der Waals surface area contributed by atoms with Gasteiger partial charge in [0.1, 0.15) is 6.10 Å². The Labute approximate surface area is 119 Å². The summed E-state index contributed by atoms with van der Waals surface area (Å²) in [6.45, 7) is 0. The van der Waals surface area contributed by atoms with Crippen LogP contribution in [0, 0.1) is 10.1 Å². The fraction of sp³-hybridized carbons (Fsp3) is 0.385. The van der Waals surface area contributed by atoms with Crippen molar-refractivity contribution in [1.29, 1.82) is 0 Å². The van der Waals surface area contributed by atoms with Crippen LogP contribution < -0.4 is 5.32 Å². The number of ether oxygens (including phenoxy) is 1. The molecule has 0 radical (unpaired) electrons. The molecule has 21 heavy (non-hydrogen) atoms. The number of carbonyl (C=O) groups excluding carboxylic acids is 1. The molecule has 1 amide bonds. The van der Waals surface area contributed by atoms with Gasteiger partial charge < -0.3 is 15.2 Å². The van der Waals surface area contributed by atoms with E-state index in [1.807, 2.05) is 0 Å². The van der Waals surface area contributed by atoms with Crippen molar-refractivity contribution < 1.29 is 24.4 Å². The number of hydrogen-bond donors (Lipinski definition) is 2. The number of carboxylic acid groups (broad SMARTS) is 1. The van der Waals surface area contributed by atoms with Crippen molar-refractivity contribution in [2.24, 2.45) is 0 Å². The summed E-state index contributed by atoms with van der Waals surface area (Å²) in [4.78, 5) is 32.7. The highest BCUT2D eigenvalue weighted by molar-refractivity contribution is 5.83. The third-order valence-corrected chi connectivity index (χ3v) is 3.67. The van der Waals surface area contributed by atoms with E-state index in [0.29, 0.717) is 5.56 Å². The molecule has 0 heterocycles. The molecule has 0 saturated heterocycles. The molecule has 0 aliphatic heterocycles. The summed E-state index contributed by atoms with van der Waals surface area (Å²) in [5, 5.41) is 22.3. The lowest BCUT2D eigenvalue weighted by Crippen LogP contribution is -2.52. The second kappa shape index (κ2) is 5.39. The first-order valence-corrected chi connectivity index (χ1v) is 6.26. The van der Waals surface area contributed by atoms with Gasteiger partial charge in [0.2, 0.25) is 0 Å². The molecule has 112 valence electrons. The third kappa shape index (κ3) is 2.64. The van der Waals surface area contributed by atoms with Crippen LogP contribution in [0.4, 0.5) is 10.5 Å². The normalized spacial score (nSPS) is 23.8. The van der Waals surface area contributed by atoms with E-state index in [-0.39, 0.29) is 18.5 Å². The molecule has 1 aliphatic rings. The lowest BCUT2D eigenvalue weighted by atomic mass is 9.62. The maximum atomic E-state index is 11.5. The molecule has 2 N–H and O–H groups in total. The van der Waals surface area contributed by atoms with Gasteiger partial charge in [-0.15, -0.1) is 0 Å². The molecule has 1 aromatic carbocycles. The summed E-state index contributed by atoms with van der Waals surface area (Å²) >= 11 is 0. The van der Waals surface area contributed by atoms with Crippen molar-refractivity contribution >= 4 is 17.7 Å². The summed E-state index contributed by atoms with van der Waals surface area (Å²) in [5.74, 6) is -1.03. The minimum Gasteiger partial charge on any atom is -0.481 e. The standard InChI is InChI=1S/C13H14N2O6/c1-14-12(18)21-10-6-13(7-10,11(16)17)8-2-4-9(5-3-8)15(19)20/h2-5,10H,6-7H2,1H3,(H,14,18)(H,16,17). The van der Waals surface area contributed by atoms with Crippen molar-refractivity contribution in [3.8, 4) is 0 Å². The zero-order valence-electron chi connectivity index (χ0n) is 11.2. The van der Waals surface area contributed by atoms with E-state index in [9.17, 15) is 24.8 Å². The minimum atomic E-state index is -1.16.